The third-order valence-corrected chi connectivity index (χ3v) is 5.24. The fourth-order valence-electron chi connectivity index (χ4n) is 3.60. The number of methoxy groups -OCH3 is 1. The van der Waals surface area contributed by atoms with Gasteiger partial charge in [0.15, 0.2) is 0 Å². The van der Waals surface area contributed by atoms with Gasteiger partial charge in [-0.05, 0) is 55.0 Å². The zero-order chi connectivity index (χ0) is 20.6. The maximum Gasteiger partial charge on any atom is 0.337 e. The largest absolute Gasteiger partial charge is 0.465 e. The second-order valence-corrected chi connectivity index (χ2v) is 7.31. The summed E-state index contributed by atoms with van der Waals surface area (Å²) in [5.41, 5.74) is 2.27. The number of piperidine rings is 1. The molecule has 2 aromatic carbocycles. The van der Waals surface area contributed by atoms with Crippen LogP contribution in [0, 0.1) is 5.92 Å². The fraction of sp³-hybridized carbons (Fsp3) is 0.348. The Hall–Kier alpha value is -3.15. The monoisotopic (exact) mass is 394 g/mol. The molecule has 0 aliphatic carbocycles. The van der Waals surface area contributed by atoms with Gasteiger partial charge in [-0.2, -0.15) is 0 Å². The lowest BCUT2D eigenvalue weighted by Gasteiger charge is -2.32. The molecule has 1 N–H and O–H groups in total. The second-order valence-electron chi connectivity index (χ2n) is 7.31. The van der Waals surface area contributed by atoms with Crippen molar-refractivity contribution in [3.63, 3.8) is 0 Å². The van der Waals surface area contributed by atoms with Gasteiger partial charge in [-0.3, -0.25) is 9.59 Å². The van der Waals surface area contributed by atoms with Gasteiger partial charge in [0.25, 0.3) is 0 Å². The standard InChI is InChI=1S/C23H26N2O4/c1-29-23(28)19-7-9-20(10-8-19)24-21(26)16-22(27)25-13-11-18(12-14-25)15-17-5-3-2-4-6-17/h2-10,18H,11-16H2,1H3,(H,24,26). The number of carbonyl (C=O) groups excluding carboxylic acids is 3. The van der Waals surface area contributed by atoms with Crippen molar-refractivity contribution in [2.24, 2.45) is 5.92 Å². The van der Waals surface area contributed by atoms with E-state index in [1.54, 1.807) is 29.2 Å². The van der Waals surface area contributed by atoms with E-state index < -0.39 is 5.97 Å². The predicted molar refractivity (Wildman–Crippen MR) is 110 cm³/mol. The molecule has 29 heavy (non-hydrogen) atoms. The minimum Gasteiger partial charge on any atom is -0.465 e. The van der Waals surface area contributed by atoms with Crippen LogP contribution in [0.15, 0.2) is 54.6 Å². The summed E-state index contributed by atoms with van der Waals surface area (Å²) in [4.78, 5) is 37.9. The summed E-state index contributed by atoms with van der Waals surface area (Å²) in [6.45, 7) is 1.38. The molecule has 1 aliphatic heterocycles. The van der Waals surface area contributed by atoms with Crippen LogP contribution >= 0.6 is 0 Å². The number of nitrogens with zero attached hydrogens (tertiary/aromatic N) is 1. The van der Waals surface area contributed by atoms with Crippen LogP contribution in [0.25, 0.3) is 0 Å². The number of likely N-dealkylation sites (tertiary alicyclic amines) is 1. The lowest BCUT2D eigenvalue weighted by Crippen LogP contribution is -2.40. The van der Waals surface area contributed by atoms with Crippen LogP contribution in [-0.2, 0) is 20.7 Å². The topological polar surface area (TPSA) is 75.7 Å². The highest BCUT2D eigenvalue weighted by Gasteiger charge is 2.24. The Kier molecular flexibility index (Phi) is 7.00. The summed E-state index contributed by atoms with van der Waals surface area (Å²) in [7, 11) is 1.31. The summed E-state index contributed by atoms with van der Waals surface area (Å²) < 4.78 is 4.64. The summed E-state index contributed by atoms with van der Waals surface area (Å²) in [6, 6.07) is 16.8. The normalized spacial score (nSPS) is 14.3. The Morgan fingerprint density at radius 2 is 1.66 bits per heavy atom. The summed E-state index contributed by atoms with van der Waals surface area (Å²) in [6.07, 6.45) is 2.77. The van der Waals surface area contributed by atoms with Crippen molar-refractivity contribution < 1.29 is 19.1 Å². The minimum absolute atomic E-state index is 0.146. The van der Waals surface area contributed by atoms with Gasteiger partial charge in [0, 0.05) is 18.8 Å². The van der Waals surface area contributed by atoms with E-state index in [1.165, 1.54) is 12.7 Å². The van der Waals surface area contributed by atoms with E-state index in [0.29, 0.717) is 30.3 Å². The van der Waals surface area contributed by atoms with Gasteiger partial charge in [0.1, 0.15) is 6.42 Å². The van der Waals surface area contributed by atoms with E-state index in [4.69, 9.17) is 0 Å². The Morgan fingerprint density at radius 1 is 1.00 bits per heavy atom. The Labute approximate surface area is 170 Å². The van der Waals surface area contributed by atoms with Crippen LogP contribution in [-0.4, -0.2) is 42.9 Å². The van der Waals surface area contributed by atoms with E-state index in [0.717, 1.165) is 19.3 Å². The van der Waals surface area contributed by atoms with E-state index in [1.807, 2.05) is 6.07 Å². The molecule has 0 unspecified atom stereocenters. The molecule has 2 aromatic rings. The highest BCUT2D eigenvalue weighted by atomic mass is 16.5. The number of ether oxygens (including phenoxy) is 1. The number of benzene rings is 2. The predicted octanol–water partition coefficient (Wildman–Crippen LogP) is 3.28. The number of hydrogen-bond acceptors (Lipinski definition) is 4. The average molecular weight is 394 g/mol. The lowest BCUT2D eigenvalue weighted by atomic mass is 9.90. The smallest absolute Gasteiger partial charge is 0.337 e. The molecule has 3 rings (SSSR count). The molecule has 1 heterocycles. The fourth-order valence-corrected chi connectivity index (χ4v) is 3.60. The van der Waals surface area contributed by atoms with E-state index in [2.05, 4.69) is 34.3 Å². The number of rotatable bonds is 6. The maximum absolute atomic E-state index is 12.4. The number of carbonyl (C=O) groups is 3. The molecule has 0 atom stereocenters. The molecule has 0 radical (unpaired) electrons. The molecule has 152 valence electrons. The van der Waals surface area contributed by atoms with Crippen LogP contribution in [0.4, 0.5) is 5.69 Å². The molecule has 0 spiro atoms. The van der Waals surface area contributed by atoms with Gasteiger partial charge < -0.3 is 15.0 Å². The summed E-state index contributed by atoms with van der Waals surface area (Å²) in [5, 5.41) is 2.70. The van der Waals surface area contributed by atoms with Crippen molar-refractivity contribution in [1.29, 1.82) is 0 Å². The first-order valence-electron chi connectivity index (χ1n) is 9.85. The van der Waals surface area contributed by atoms with Crippen molar-refractivity contribution in [1.82, 2.24) is 4.90 Å². The van der Waals surface area contributed by atoms with Gasteiger partial charge in [0.05, 0.1) is 12.7 Å². The Bertz CT molecular complexity index is 841. The van der Waals surface area contributed by atoms with Crippen LogP contribution in [0.1, 0.15) is 35.2 Å². The zero-order valence-electron chi connectivity index (χ0n) is 16.6. The van der Waals surface area contributed by atoms with Crippen LogP contribution in [0.5, 0.6) is 0 Å². The molecular weight excluding hydrogens is 368 g/mol. The third-order valence-electron chi connectivity index (χ3n) is 5.24. The first kappa shape index (κ1) is 20.6. The third kappa shape index (κ3) is 5.91. The van der Waals surface area contributed by atoms with Gasteiger partial charge in [-0.25, -0.2) is 4.79 Å². The van der Waals surface area contributed by atoms with E-state index >= 15 is 0 Å². The first-order valence-corrected chi connectivity index (χ1v) is 9.85. The Morgan fingerprint density at radius 3 is 2.28 bits per heavy atom. The molecule has 0 saturated carbocycles. The molecule has 2 amide bonds. The van der Waals surface area contributed by atoms with Gasteiger partial charge in [0.2, 0.25) is 11.8 Å². The number of esters is 1. The molecule has 0 bridgehead atoms. The number of nitrogens with one attached hydrogen (secondary N) is 1. The summed E-state index contributed by atoms with van der Waals surface area (Å²) in [5.74, 6) is -0.364. The SMILES string of the molecule is COC(=O)c1ccc(NC(=O)CC(=O)N2CCC(Cc3ccccc3)CC2)cc1. The van der Waals surface area contributed by atoms with Crippen molar-refractivity contribution in [3.05, 3.63) is 65.7 Å². The summed E-state index contributed by atoms with van der Waals surface area (Å²) >= 11 is 0. The number of hydrogen-bond donors (Lipinski definition) is 1. The Balaban J connectivity index is 1.43. The van der Waals surface area contributed by atoms with Crippen LogP contribution in [0.3, 0.4) is 0 Å². The molecule has 6 heteroatoms. The van der Waals surface area contributed by atoms with Crippen LogP contribution < -0.4 is 5.32 Å². The van der Waals surface area contributed by atoms with Crippen molar-refractivity contribution in [2.75, 3.05) is 25.5 Å². The first-order chi connectivity index (χ1) is 14.0. The minimum atomic E-state index is -0.436. The molecular formula is C23H26N2O4. The highest BCUT2D eigenvalue weighted by Crippen LogP contribution is 2.22. The van der Waals surface area contributed by atoms with Gasteiger partial charge in [-0.1, -0.05) is 30.3 Å². The molecule has 6 nitrogen and oxygen atoms in total. The lowest BCUT2D eigenvalue weighted by molar-refractivity contribution is -0.135. The van der Waals surface area contributed by atoms with Gasteiger partial charge in [-0.15, -0.1) is 0 Å². The van der Waals surface area contributed by atoms with Crippen molar-refractivity contribution in [3.8, 4) is 0 Å². The number of anilines is 1. The maximum atomic E-state index is 12.4. The number of amides is 2. The van der Waals surface area contributed by atoms with Crippen molar-refractivity contribution >= 4 is 23.5 Å². The van der Waals surface area contributed by atoms with E-state index in [9.17, 15) is 14.4 Å². The molecule has 1 saturated heterocycles. The molecule has 0 aromatic heterocycles. The highest BCUT2D eigenvalue weighted by molar-refractivity contribution is 6.03. The van der Waals surface area contributed by atoms with Gasteiger partial charge >= 0.3 is 5.97 Å². The second kappa shape index (κ2) is 9.87. The van der Waals surface area contributed by atoms with E-state index in [-0.39, 0.29) is 18.2 Å². The average Bonchev–Trinajstić information content (AvgIpc) is 2.75. The van der Waals surface area contributed by atoms with Crippen molar-refractivity contribution in [2.45, 2.75) is 25.7 Å². The molecule has 1 fully saturated rings. The zero-order valence-corrected chi connectivity index (χ0v) is 16.6. The quantitative estimate of drug-likeness (QED) is 0.603. The van der Waals surface area contributed by atoms with Crippen LogP contribution in [0.2, 0.25) is 0 Å². The molecule has 1 aliphatic rings.